The summed E-state index contributed by atoms with van der Waals surface area (Å²) in [4.78, 5) is 2.51. The molecule has 120 valence electrons. The third kappa shape index (κ3) is 2.79. The zero-order valence-electron chi connectivity index (χ0n) is 13.5. The van der Waals surface area contributed by atoms with Crippen molar-refractivity contribution in [2.24, 2.45) is 0 Å². The molecule has 1 aliphatic heterocycles. The average molecular weight is 325 g/mol. The molecule has 1 saturated carbocycles. The van der Waals surface area contributed by atoms with Crippen LogP contribution in [0.2, 0.25) is 0 Å². The smallest absolute Gasteiger partial charge is 0.160 e. The van der Waals surface area contributed by atoms with Gasteiger partial charge in [-0.2, -0.15) is 0 Å². The summed E-state index contributed by atoms with van der Waals surface area (Å²) in [7, 11) is -2.58. The van der Waals surface area contributed by atoms with Gasteiger partial charge in [0, 0.05) is 23.2 Å². The molecule has 0 N–H and O–H groups in total. The van der Waals surface area contributed by atoms with E-state index in [1.54, 1.807) is 0 Å². The maximum atomic E-state index is 14.2. The minimum Gasteiger partial charge on any atom is -0.312 e. The molecule has 0 radical (unpaired) electrons. The summed E-state index contributed by atoms with van der Waals surface area (Å²) in [6.07, 6.45) is 6.58. The number of hydrogen-bond donors (Lipinski definition) is 0. The molecule has 1 heterocycles. The predicted molar refractivity (Wildman–Crippen MR) is 97.1 cm³/mol. The van der Waals surface area contributed by atoms with Crippen molar-refractivity contribution in [2.45, 2.75) is 43.9 Å². The fourth-order valence-electron chi connectivity index (χ4n) is 4.06. The standard InChI is InChI=1S/C20H24NOP/c22-23(18-12-6-2-7-13-18,19-14-8-3-9-15-19)20-16-21(20)17-10-4-1-5-11-17/h2-3,6-9,12-15,17,20H,1,4-5,10-11,16H2. The van der Waals surface area contributed by atoms with Crippen LogP contribution in [0, 0.1) is 0 Å². The van der Waals surface area contributed by atoms with E-state index in [1.165, 1.54) is 32.1 Å². The lowest BCUT2D eigenvalue weighted by atomic mass is 9.96. The zero-order chi connectivity index (χ0) is 15.7. The van der Waals surface area contributed by atoms with Crippen LogP contribution in [-0.2, 0) is 4.57 Å². The highest BCUT2D eigenvalue weighted by molar-refractivity contribution is 7.79. The van der Waals surface area contributed by atoms with Gasteiger partial charge in [0.15, 0.2) is 7.14 Å². The van der Waals surface area contributed by atoms with Gasteiger partial charge >= 0.3 is 0 Å². The summed E-state index contributed by atoms with van der Waals surface area (Å²) >= 11 is 0. The molecule has 0 aromatic heterocycles. The normalized spacial score (nSPS) is 25.2. The Morgan fingerprint density at radius 3 is 1.83 bits per heavy atom. The first-order valence-electron chi connectivity index (χ1n) is 8.77. The monoisotopic (exact) mass is 325 g/mol. The van der Waals surface area contributed by atoms with Gasteiger partial charge in [-0.05, 0) is 12.8 Å². The third-order valence-corrected chi connectivity index (χ3v) is 8.80. The van der Waals surface area contributed by atoms with Crippen LogP contribution in [-0.4, -0.2) is 23.3 Å². The van der Waals surface area contributed by atoms with Crippen LogP contribution in [0.3, 0.4) is 0 Å². The third-order valence-electron chi connectivity index (χ3n) is 5.37. The number of rotatable bonds is 4. The molecule has 2 fully saturated rings. The fourth-order valence-corrected chi connectivity index (χ4v) is 7.30. The summed E-state index contributed by atoms with van der Waals surface area (Å²) in [5.41, 5.74) is 0. The highest BCUT2D eigenvalue weighted by Crippen LogP contribution is 2.57. The van der Waals surface area contributed by atoms with Gasteiger partial charge in [-0.15, -0.1) is 0 Å². The van der Waals surface area contributed by atoms with Crippen LogP contribution >= 0.6 is 7.14 Å². The van der Waals surface area contributed by atoms with Crippen molar-refractivity contribution >= 4 is 17.8 Å². The fraction of sp³-hybridized carbons (Fsp3) is 0.400. The molecule has 1 saturated heterocycles. The molecule has 4 rings (SSSR count). The molecule has 0 spiro atoms. The van der Waals surface area contributed by atoms with Gasteiger partial charge in [0.1, 0.15) is 0 Å². The molecule has 2 aromatic carbocycles. The van der Waals surface area contributed by atoms with Crippen molar-refractivity contribution in [2.75, 3.05) is 6.54 Å². The molecule has 2 atom stereocenters. The molecule has 1 aliphatic carbocycles. The molecule has 2 nitrogen and oxygen atoms in total. The number of hydrogen-bond acceptors (Lipinski definition) is 2. The Labute approximate surface area is 138 Å². The van der Waals surface area contributed by atoms with Gasteiger partial charge in [0.2, 0.25) is 0 Å². The highest BCUT2D eigenvalue weighted by Gasteiger charge is 2.52. The van der Waals surface area contributed by atoms with Crippen LogP contribution in [0.1, 0.15) is 32.1 Å². The van der Waals surface area contributed by atoms with Crippen LogP contribution in [0.15, 0.2) is 60.7 Å². The van der Waals surface area contributed by atoms with Gasteiger partial charge in [-0.1, -0.05) is 79.9 Å². The lowest BCUT2D eigenvalue weighted by Gasteiger charge is -2.26. The summed E-state index contributed by atoms with van der Waals surface area (Å²) in [5.74, 6) is 0.204. The molecule has 3 heteroatoms. The lowest BCUT2D eigenvalue weighted by molar-refractivity contribution is 0.293. The number of nitrogens with zero attached hydrogens (tertiary/aromatic N) is 1. The molecule has 2 unspecified atom stereocenters. The molecule has 0 amide bonds. The van der Waals surface area contributed by atoms with E-state index in [0.29, 0.717) is 6.04 Å². The maximum Gasteiger partial charge on any atom is 0.160 e. The van der Waals surface area contributed by atoms with Gasteiger partial charge in [0.25, 0.3) is 0 Å². The predicted octanol–water partition coefficient (Wildman–Crippen LogP) is 3.97. The second-order valence-corrected chi connectivity index (χ2v) is 9.74. The van der Waals surface area contributed by atoms with Crippen LogP contribution in [0.5, 0.6) is 0 Å². The van der Waals surface area contributed by atoms with E-state index < -0.39 is 7.14 Å². The van der Waals surface area contributed by atoms with E-state index >= 15 is 0 Å². The first-order chi connectivity index (χ1) is 11.3. The van der Waals surface area contributed by atoms with Crippen molar-refractivity contribution in [3.63, 3.8) is 0 Å². The minimum atomic E-state index is -2.58. The number of benzene rings is 2. The summed E-state index contributed by atoms with van der Waals surface area (Å²) in [6, 6.07) is 20.9. The summed E-state index contributed by atoms with van der Waals surface area (Å²) in [5, 5.41) is 2.02. The molecular weight excluding hydrogens is 301 g/mol. The quantitative estimate of drug-likeness (QED) is 0.626. The van der Waals surface area contributed by atoms with E-state index in [-0.39, 0.29) is 5.78 Å². The Kier molecular flexibility index (Phi) is 4.13. The molecule has 23 heavy (non-hydrogen) atoms. The molecule has 2 aromatic rings. The lowest BCUT2D eigenvalue weighted by Crippen LogP contribution is -2.27. The van der Waals surface area contributed by atoms with Gasteiger partial charge in [0.05, 0.1) is 5.78 Å². The topological polar surface area (TPSA) is 20.1 Å². The second kappa shape index (κ2) is 6.26. The van der Waals surface area contributed by atoms with Gasteiger partial charge in [-0.3, -0.25) is 4.90 Å². The Balaban J connectivity index is 1.69. The molecule has 0 bridgehead atoms. The van der Waals surface area contributed by atoms with Crippen molar-refractivity contribution in [1.82, 2.24) is 4.90 Å². The van der Waals surface area contributed by atoms with Crippen LogP contribution in [0.4, 0.5) is 0 Å². The van der Waals surface area contributed by atoms with Crippen molar-refractivity contribution in [3.05, 3.63) is 60.7 Å². The van der Waals surface area contributed by atoms with Crippen LogP contribution in [0.25, 0.3) is 0 Å². The van der Waals surface area contributed by atoms with Crippen molar-refractivity contribution < 1.29 is 4.57 Å². The van der Waals surface area contributed by atoms with E-state index in [0.717, 1.165) is 17.2 Å². The summed E-state index contributed by atoms with van der Waals surface area (Å²) in [6.45, 7) is 0.992. The Bertz CT molecular complexity index is 651. The van der Waals surface area contributed by atoms with Crippen molar-refractivity contribution in [1.29, 1.82) is 0 Å². The Morgan fingerprint density at radius 2 is 1.30 bits per heavy atom. The Hall–Kier alpha value is -1.37. The van der Waals surface area contributed by atoms with Gasteiger partial charge < -0.3 is 4.57 Å². The first-order valence-corrected chi connectivity index (χ1v) is 10.5. The highest BCUT2D eigenvalue weighted by atomic mass is 31.2. The maximum absolute atomic E-state index is 14.2. The Morgan fingerprint density at radius 1 is 0.783 bits per heavy atom. The van der Waals surface area contributed by atoms with E-state index in [4.69, 9.17) is 0 Å². The van der Waals surface area contributed by atoms with Gasteiger partial charge in [-0.25, -0.2) is 0 Å². The van der Waals surface area contributed by atoms with Crippen LogP contribution < -0.4 is 10.6 Å². The van der Waals surface area contributed by atoms with E-state index in [2.05, 4.69) is 4.90 Å². The van der Waals surface area contributed by atoms with E-state index in [9.17, 15) is 4.57 Å². The van der Waals surface area contributed by atoms with E-state index in [1.807, 2.05) is 60.7 Å². The molecular formula is C20H24NOP. The second-order valence-electron chi connectivity index (χ2n) is 6.80. The van der Waals surface area contributed by atoms with Crippen molar-refractivity contribution in [3.8, 4) is 0 Å². The first kappa shape index (κ1) is 15.2. The zero-order valence-corrected chi connectivity index (χ0v) is 14.4. The average Bonchev–Trinajstić information content (AvgIpc) is 3.45. The minimum absolute atomic E-state index is 0.204. The molecule has 2 aliphatic rings. The summed E-state index contributed by atoms with van der Waals surface area (Å²) < 4.78 is 14.2. The largest absolute Gasteiger partial charge is 0.312 e. The SMILES string of the molecule is O=P(c1ccccc1)(c1ccccc1)C1CN1C1CCCCC1.